The van der Waals surface area contributed by atoms with Crippen LogP contribution in [0.15, 0.2) is 66.9 Å². The number of rotatable bonds is 3. The second-order valence-electron chi connectivity index (χ2n) is 7.89. The molecule has 0 radical (unpaired) electrons. The number of hydrogen-bond donors (Lipinski definition) is 1. The van der Waals surface area contributed by atoms with Crippen molar-refractivity contribution in [2.75, 3.05) is 5.32 Å². The lowest BCUT2D eigenvalue weighted by Gasteiger charge is -2.14. The Balaban J connectivity index is 1.75. The van der Waals surface area contributed by atoms with E-state index < -0.39 is 0 Å². The summed E-state index contributed by atoms with van der Waals surface area (Å²) in [7, 11) is 0. The molecule has 0 bridgehead atoms. The largest absolute Gasteiger partial charge is 0.306 e. The molecule has 0 fully saturated rings. The van der Waals surface area contributed by atoms with Gasteiger partial charge in [0.25, 0.3) is 5.91 Å². The molecule has 146 valence electrons. The average Bonchev–Trinajstić information content (AvgIpc) is 3.12. The zero-order chi connectivity index (χ0) is 20.6. The highest BCUT2D eigenvalue weighted by atomic mass is 35.5. The second-order valence-corrected chi connectivity index (χ2v) is 8.30. The zero-order valence-corrected chi connectivity index (χ0v) is 17.2. The number of pyridine rings is 1. The number of para-hydroxylation sites is 1. The maximum atomic E-state index is 13.1. The zero-order valence-electron chi connectivity index (χ0n) is 16.5. The van der Waals surface area contributed by atoms with Gasteiger partial charge >= 0.3 is 0 Å². The molecule has 0 aliphatic carbocycles. The highest BCUT2D eigenvalue weighted by molar-refractivity contribution is 6.35. The van der Waals surface area contributed by atoms with Gasteiger partial charge in [0.1, 0.15) is 5.82 Å². The molecule has 0 atom stereocenters. The molecule has 0 saturated carbocycles. The summed E-state index contributed by atoms with van der Waals surface area (Å²) in [6, 6.07) is 18.8. The van der Waals surface area contributed by atoms with Crippen molar-refractivity contribution in [1.29, 1.82) is 0 Å². The molecule has 6 heteroatoms. The standard InChI is InChI=1S/C23H21ClN4O/c1-23(2,3)20-14-21(28(27-20)16-9-5-4-6-10-16)26-22(29)17-13-19-15(12-18(17)24)8-7-11-25-19/h4-14H,1-3H3,(H,26,29). The van der Waals surface area contributed by atoms with Gasteiger partial charge < -0.3 is 5.32 Å². The number of carbonyl (C=O) groups is 1. The van der Waals surface area contributed by atoms with E-state index in [0.717, 1.165) is 16.8 Å². The van der Waals surface area contributed by atoms with E-state index in [1.807, 2.05) is 48.5 Å². The van der Waals surface area contributed by atoms with Crippen molar-refractivity contribution in [2.45, 2.75) is 26.2 Å². The number of benzene rings is 2. The van der Waals surface area contributed by atoms with Gasteiger partial charge in [0, 0.05) is 23.1 Å². The van der Waals surface area contributed by atoms with Crippen LogP contribution in [0, 0.1) is 0 Å². The molecule has 0 aliphatic rings. The Bertz CT molecular complexity index is 1190. The molecule has 29 heavy (non-hydrogen) atoms. The van der Waals surface area contributed by atoms with Crippen molar-refractivity contribution in [3.63, 3.8) is 0 Å². The maximum Gasteiger partial charge on any atom is 0.258 e. The van der Waals surface area contributed by atoms with Crippen LogP contribution in [0.3, 0.4) is 0 Å². The maximum absolute atomic E-state index is 13.1. The van der Waals surface area contributed by atoms with Crippen molar-refractivity contribution in [1.82, 2.24) is 14.8 Å². The summed E-state index contributed by atoms with van der Waals surface area (Å²) in [5, 5.41) is 8.97. The molecule has 1 amide bonds. The van der Waals surface area contributed by atoms with Gasteiger partial charge in [0.15, 0.2) is 0 Å². The Morgan fingerprint density at radius 1 is 1.03 bits per heavy atom. The number of carbonyl (C=O) groups excluding carboxylic acids is 1. The fourth-order valence-corrected chi connectivity index (χ4v) is 3.31. The normalized spacial score (nSPS) is 11.6. The third kappa shape index (κ3) is 3.87. The van der Waals surface area contributed by atoms with Crippen LogP contribution in [0.4, 0.5) is 5.82 Å². The first-order valence-corrected chi connectivity index (χ1v) is 9.72. The third-order valence-electron chi connectivity index (χ3n) is 4.66. The number of aromatic nitrogens is 3. The Hall–Kier alpha value is -3.18. The van der Waals surface area contributed by atoms with Gasteiger partial charge in [-0.3, -0.25) is 9.78 Å². The number of amides is 1. The molecule has 2 aromatic heterocycles. The summed E-state index contributed by atoms with van der Waals surface area (Å²) in [6.07, 6.45) is 1.69. The SMILES string of the molecule is CC(C)(C)c1cc(NC(=O)c2cc3ncccc3cc2Cl)n(-c2ccccc2)n1. The molecule has 2 aromatic carbocycles. The van der Waals surface area contributed by atoms with Crippen LogP contribution in [0.25, 0.3) is 16.6 Å². The summed E-state index contributed by atoms with van der Waals surface area (Å²) >= 11 is 6.39. The predicted molar refractivity (Wildman–Crippen MR) is 117 cm³/mol. The van der Waals surface area contributed by atoms with Crippen LogP contribution in [0.2, 0.25) is 5.02 Å². The van der Waals surface area contributed by atoms with Crippen LogP contribution in [0.5, 0.6) is 0 Å². The Kier molecular flexibility index (Phi) is 4.84. The van der Waals surface area contributed by atoms with Crippen LogP contribution >= 0.6 is 11.6 Å². The fraction of sp³-hybridized carbons (Fsp3) is 0.174. The number of anilines is 1. The predicted octanol–water partition coefficient (Wildman–Crippen LogP) is 5.62. The molecular weight excluding hydrogens is 384 g/mol. The summed E-state index contributed by atoms with van der Waals surface area (Å²) in [6.45, 7) is 6.26. The summed E-state index contributed by atoms with van der Waals surface area (Å²) < 4.78 is 1.74. The minimum absolute atomic E-state index is 0.163. The molecule has 5 nitrogen and oxygen atoms in total. The van der Waals surface area contributed by atoms with Gasteiger partial charge in [0.2, 0.25) is 0 Å². The Labute approximate surface area is 174 Å². The van der Waals surface area contributed by atoms with E-state index in [4.69, 9.17) is 16.7 Å². The van der Waals surface area contributed by atoms with Gasteiger partial charge in [-0.25, -0.2) is 4.68 Å². The molecule has 4 rings (SSSR count). The molecule has 0 aliphatic heterocycles. The lowest BCUT2D eigenvalue weighted by atomic mass is 9.92. The first-order chi connectivity index (χ1) is 13.8. The van der Waals surface area contributed by atoms with Crippen molar-refractivity contribution in [3.05, 3.63) is 83.1 Å². The van der Waals surface area contributed by atoms with E-state index in [9.17, 15) is 4.79 Å². The quantitative estimate of drug-likeness (QED) is 0.481. The first-order valence-electron chi connectivity index (χ1n) is 9.34. The van der Waals surface area contributed by atoms with Crippen molar-refractivity contribution in [3.8, 4) is 5.69 Å². The number of nitrogens with zero attached hydrogens (tertiary/aromatic N) is 3. The van der Waals surface area contributed by atoms with Crippen molar-refractivity contribution in [2.24, 2.45) is 0 Å². The van der Waals surface area contributed by atoms with Crippen LogP contribution < -0.4 is 5.32 Å². The van der Waals surface area contributed by atoms with Crippen LogP contribution in [0.1, 0.15) is 36.8 Å². The van der Waals surface area contributed by atoms with Gasteiger partial charge in [-0.05, 0) is 30.3 Å². The number of fused-ring (bicyclic) bond motifs is 1. The summed E-state index contributed by atoms with van der Waals surface area (Å²) in [4.78, 5) is 17.4. The van der Waals surface area contributed by atoms with E-state index in [1.165, 1.54) is 0 Å². The van der Waals surface area contributed by atoms with Gasteiger partial charge in [-0.2, -0.15) is 5.10 Å². The minimum Gasteiger partial charge on any atom is -0.306 e. The number of nitrogens with one attached hydrogen (secondary N) is 1. The number of hydrogen-bond acceptors (Lipinski definition) is 3. The van der Waals surface area contributed by atoms with Crippen molar-refractivity contribution >= 4 is 34.2 Å². The molecule has 0 unspecified atom stereocenters. The molecule has 2 heterocycles. The fourth-order valence-electron chi connectivity index (χ4n) is 3.05. The van der Waals surface area contributed by atoms with Crippen LogP contribution in [-0.4, -0.2) is 20.7 Å². The first kappa shape index (κ1) is 19.2. The average molecular weight is 405 g/mol. The number of halogens is 1. The highest BCUT2D eigenvalue weighted by Crippen LogP contribution is 2.28. The lowest BCUT2D eigenvalue weighted by Crippen LogP contribution is -2.15. The Morgan fingerprint density at radius 2 is 1.79 bits per heavy atom. The van der Waals surface area contributed by atoms with E-state index in [1.54, 1.807) is 23.0 Å². The van der Waals surface area contributed by atoms with E-state index in [0.29, 0.717) is 21.9 Å². The molecular formula is C23H21ClN4O. The molecule has 0 spiro atoms. The van der Waals surface area contributed by atoms with Gasteiger partial charge in [-0.1, -0.05) is 56.6 Å². The van der Waals surface area contributed by atoms with E-state index >= 15 is 0 Å². The van der Waals surface area contributed by atoms with Crippen LogP contribution in [-0.2, 0) is 5.41 Å². The van der Waals surface area contributed by atoms with E-state index in [-0.39, 0.29) is 11.3 Å². The topological polar surface area (TPSA) is 59.8 Å². The Morgan fingerprint density at radius 3 is 2.52 bits per heavy atom. The highest BCUT2D eigenvalue weighted by Gasteiger charge is 2.22. The molecule has 1 N–H and O–H groups in total. The lowest BCUT2D eigenvalue weighted by molar-refractivity contribution is 0.102. The minimum atomic E-state index is -0.305. The van der Waals surface area contributed by atoms with E-state index in [2.05, 4.69) is 31.1 Å². The summed E-state index contributed by atoms with van der Waals surface area (Å²) in [5.41, 5.74) is 2.67. The molecule has 0 saturated heterocycles. The second kappa shape index (κ2) is 7.33. The van der Waals surface area contributed by atoms with Gasteiger partial charge in [0.05, 0.1) is 27.5 Å². The van der Waals surface area contributed by atoms with Crippen molar-refractivity contribution < 1.29 is 4.79 Å². The summed E-state index contributed by atoms with van der Waals surface area (Å²) in [5.74, 6) is 0.281. The third-order valence-corrected chi connectivity index (χ3v) is 4.97. The molecule has 4 aromatic rings. The smallest absolute Gasteiger partial charge is 0.258 e. The van der Waals surface area contributed by atoms with Gasteiger partial charge in [-0.15, -0.1) is 0 Å². The monoisotopic (exact) mass is 404 g/mol.